The number of ether oxygens (including phenoxy) is 2. The smallest absolute Gasteiger partial charge is 0.343 e. The molecule has 240 valence electrons. The van der Waals surface area contributed by atoms with Crippen molar-refractivity contribution in [1.82, 2.24) is 0 Å². The van der Waals surface area contributed by atoms with Crippen LogP contribution in [0.2, 0.25) is 0 Å². The minimum absolute atomic E-state index is 0.0840. The van der Waals surface area contributed by atoms with Crippen LogP contribution in [0.3, 0.4) is 0 Å². The molecule has 3 heteroatoms. The average molecular weight is 599 g/mol. The van der Waals surface area contributed by atoms with E-state index in [2.05, 4.69) is 58.9 Å². The van der Waals surface area contributed by atoms with E-state index >= 15 is 0 Å². The molecule has 2 aromatic rings. The molecule has 6 rings (SSSR count). The minimum Gasteiger partial charge on any atom is -0.460 e. The summed E-state index contributed by atoms with van der Waals surface area (Å²) in [5.41, 5.74) is 2.05. The van der Waals surface area contributed by atoms with Gasteiger partial charge in [0.1, 0.15) is 6.10 Å². The van der Waals surface area contributed by atoms with E-state index in [0.717, 1.165) is 71.1 Å². The van der Waals surface area contributed by atoms with Gasteiger partial charge in [0.15, 0.2) is 5.60 Å². The molecule has 4 aliphatic rings. The summed E-state index contributed by atoms with van der Waals surface area (Å²) in [6.07, 6.45) is 16.5. The maximum Gasteiger partial charge on any atom is 0.343 e. The van der Waals surface area contributed by atoms with Crippen molar-refractivity contribution in [1.29, 1.82) is 0 Å². The molecule has 0 N–H and O–H groups in total. The van der Waals surface area contributed by atoms with Gasteiger partial charge in [-0.2, -0.15) is 0 Å². The number of fused-ring (bicyclic) bond motifs is 6. The molecule has 0 amide bonds. The molecule has 0 saturated heterocycles. The van der Waals surface area contributed by atoms with Crippen LogP contribution in [0.15, 0.2) is 54.1 Å². The lowest BCUT2D eigenvalue weighted by atomic mass is 9.47. The van der Waals surface area contributed by atoms with Crippen LogP contribution in [-0.4, -0.2) is 19.2 Å². The largest absolute Gasteiger partial charge is 0.460 e. The highest BCUT2D eigenvalue weighted by Gasteiger charge is 2.59. The Hall–Kier alpha value is -2.13. The Morgan fingerprint density at radius 2 is 1.73 bits per heavy atom. The average Bonchev–Trinajstić information content (AvgIpc) is 3.37. The summed E-state index contributed by atoms with van der Waals surface area (Å²) in [5.74, 6) is 4.75. The van der Waals surface area contributed by atoms with E-state index in [4.69, 9.17) is 9.47 Å². The second-order valence-corrected chi connectivity index (χ2v) is 16.3. The van der Waals surface area contributed by atoms with Crippen molar-refractivity contribution in [3.05, 3.63) is 59.7 Å². The van der Waals surface area contributed by atoms with Crippen LogP contribution in [0, 0.1) is 46.3 Å². The highest BCUT2D eigenvalue weighted by molar-refractivity contribution is 5.92. The van der Waals surface area contributed by atoms with Crippen LogP contribution < -0.4 is 0 Å². The van der Waals surface area contributed by atoms with E-state index in [9.17, 15) is 4.79 Å². The van der Waals surface area contributed by atoms with Gasteiger partial charge < -0.3 is 9.47 Å². The number of esters is 1. The Balaban J connectivity index is 1.15. The summed E-state index contributed by atoms with van der Waals surface area (Å²) < 4.78 is 12.3. The molecule has 0 aromatic heterocycles. The molecule has 4 aliphatic carbocycles. The quantitative estimate of drug-likeness (QED) is 0.213. The summed E-state index contributed by atoms with van der Waals surface area (Å²) >= 11 is 0. The zero-order valence-electron chi connectivity index (χ0n) is 28.7. The summed E-state index contributed by atoms with van der Waals surface area (Å²) in [4.78, 5) is 13.9. The first-order chi connectivity index (χ1) is 21.0. The summed E-state index contributed by atoms with van der Waals surface area (Å²) in [7, 11) is 1.63. The molecular weight excluding hydrogens is 540 g/mol. The van der Waals surface area contributed by atoms with Crippen LogP contribution in [0.25, 0.3) is 10.8 Å². The molecule has 1 unspecified atom stereocenters. The number of carbonyl (C=O) groups is 1. The monoisotopic (exact) mass is 598 g/mol. The van der Waals surface area contributed by atoms with Gasteiger partial charge in [-0.25, -0.2) is 4.79 Å². The standard InChI is InChI=1S/C41H58O3/c1-27(2)12-10-13-28(3)34-20-21-35-33-19-18-30-26-31(22-24-39(30,4)36(33)23-25-40(34,35)5)44-38(42)41(6,43-7)37-17-11-15-29-14-8-9-16-32(29)37/h8-9,11,14-18,27-28,31,33-36H,10,12-13,19-26H2,1-7H3/t28-,31-,33+,34-,35+,36+,39+,40-,41?/m1/s1. The first-order valence-electron chi connectivity index (χ1n) is 17.9. The molecule has 44 heavy (non-hydrogen) atoms. The number of benzene rings is 2. The Bertz CT molecular complexity index is 1370. The van der Waals surface area contributed by atoms with E-state index < -0.39 is 5.60 Å². The highest BCUT2D eigenvalue weighted by Crippen LogP contribution is 2.67. The van der Waals surface area contributed by atoms with Crippen LogP contribution in [0.1, 0.15) is 118 Å². The van der Waals surface area contributed by atoms with Crippen molar-refractivity contribution in [2.75, 3.05) is 7.11 Å². The lowest BCUT2D eigenvalue weighted by molar-refractivity contribution is -0.176. The van der Waals surface area contributed by atoms with E-state index in [-0.39, 0.29) is 17.5 Å². The molecule has 9 atom stereocenters. The summed E-state index contributed by atoms with van der Waals surface area (Å²) in [6, 6.07) is 14.3. The van der Waals surface area contributed by atoms with Crippen molar-refractivity contribution in [3.63, 3.8) is 0 Å². The maximum atomic E-state index is 13.9. The minimum atomic E-state index is -1.15. The predicted octanol–water partition coefficient (Wildman–Crippen LogP) is 10.7. The van der Waals surface area contributed by atoms with Gasteiger partial charge in [-0.1, -0.05) is 108 Å². The third-order valence-corrected chi connectivity index (χ3v) is 13.6. The van der Waals surface area contributed by atoms with E-state index in [0.29, 0.717) is 5.41 Å². The predicted molar refractivity (Wildman–Crippen MR) is 181 cm³/mol. The second kappa shape index (κ2) is 12.2. The fourth-order valence-corrected chi connectivity index (χ4v) is 11.0. The highest BCUT2D eigenvalue weighted by atomic mass is 16.6. The SMILES string of the molecule is COC(C)(C(=O)O[C@@H]1CC[C@@]2(C)C(=CC[C@H]3[C@@H]4CC[C@H]([C@H](C)CCCC(C)C)[C@@]4(C)CC[C@@H]32)C1)c1cccc2ccccc12. The first-order valence-corrected chi connectivity index (χ1v) is 17.9. The Kier molecular flexibility index (Phi) is 8.85. The first kappa shape index (κ1) is 31.8. The molecule has 0 spiro atoms. The Morgan fingerprint density at radius 3 is 2.50 bits per heavy atom. The third-order valence-electron chi connectivity index (χ3n) is 13.6. The van der Waals surface area contributed by atoms with Gasteiger partial charge in [0.25, 0.3) is 0 Å². The molecule has 3 fully saturated rings. The van der Waals surface area contributed by atoms with Crippen LogP contribution in [-0.2, 0) is 19.9 Å². The molecule has 3 saturated carbocycles. The Labute approximate surface area is 267 Å². The van der Waals surface area contributed by atoms with Crippen molar-refractivity contribution in [2.24, 2.45) is 46.3 Å². The van der Waals surface area contributed by atoms with E-state index in [1.165, 1.54) is 51.4 Å². The van der Waals surface area contributed by atoms with E-state index in [1.54, 1.807) is 12.7 Å². The molecule has 0 bridgehead atoms. The van der Waals surface area contributed by atoms with Gasteiger partial charge in [-0.3, -0.25) is 0 Å². The second-order valence-electron chi connectivity index (χ2n) is 16.3. The lowest BCUT2D eigenvalue weighted by Crippen LogP contribution is -2.51. The normalized spacial score (nSPS) is 35.3. The van der Waals surface area contributed by atoms with Crippen molar-refractivity contribution in [2.45, 2.75) is 124 Å². The van der Waals surface area contributed by atoms with Gasteiger partial charge in [-0.05, 0) is 109 Å². The number of carbonyl (C=O) groups excluding carboxylic acids is 1. The molecule has 3 nitrogen and oxygen atoms in total. The topological polar surface area (TPSA) is 35.5 Å². The molecule has 0 heterocycles. The number of hydrogen-bond donors (Lipinski definition) is 0. The fourth-order valence-electron chi connectivity index (χ4n) is 11.0. The Morgan fingerprint density at radius 1 is 0.955 bits per heavy atom. The van der Waals surface area contributed by atoms with Crippen LogP contribution >= 0.6 is 0 Å². The van der Waals surface area contributed by atoms with Gasteiger partial charge in [0, 0.05) is 19.1 Å². The molecular formula is C41H58O3. The zero-order valence-corrected chi connectivity index (χ0v) is 28.7. The zero-order chi connectivity index (χ0) is 31.3. The maximum absolute atomic E-state index is 13.9. The number of allylic oxidation sites excluding steroid dienone is 1. The number of rotatable bonds is 9. The molecule has 2 aromatic carbocycles. The van der Waals surface area contributed by atoms with Gasteiger partial charge in [-0.15, -0.1) is 0 Å². The van der Waals surface area contributed by atoms with Crippen molar-refractivity contribution < 1.29 is 14.3 Å². The van der Waals surface area contributed by atoms with Gasteiger partial charge in [0.05, 0.1) is 0 Å². The van der Waals surface area contributed by atoms with Crippen LogP contribution in [0.5, 0.6) is 0 Å². The van der Waals surface area contributed by atoms with Crippen molar-refractivity contribution >= 4 is 16.7 Å². The van der Waals surface area contributed by atoms with E-state index in [1.807, 2.05) is 31.2 Å². The van der Waals surface area contributed by atoms with Crippen molar-refractivity contribution in [3.8, 4) is 0 Å². The van der Waals surface area contributed by atoms with Gasteiger partial charge in [0.2, 0.25) is 0 Å². The summed E-state index contributed by atoms with van der Waals surface area (Å²) in [6.45, 7) is 14.4. The number of methoxy groups -OCH3 is 1. The van der Waals surface area contributed by atoms with Crippen LogP contribution in [0.4, 0.5) is 0 Å². The third kappa shape index (κ3) is 5.37. The molecule has 0 radical (unpaired) electrons. The molecule has 0 aliphatic heterocycles. The fraction of sp³-hybridized carbons (Fsp3) is 0.683. The summed E-state index contributed by atoms with van der Waals surface area (Å²) in [5, 5.41) is 2.14. The van der Waals surface area contributed by atoms with Gasteiger partial charge >= 0.3 is 5.97 Å². The number of hydrogen-bond acceptors (Lipinski definition) is 3. The lowest BCUT2D eigenvalue weighted by Gasteiger charge is -2.58.